The van der Waals surface area contributed by atoms with Crippen molar-refractivity contribution < 1.29 is 22.4 Å². The highest BCUT2D eigenvalue weighted by atomic mass is 32.2. The lowest BCUT2D eigenvalue weighted by Gasteiger charge is -2.26. The molecular formula is C19H21N5O5S2. The van der Waals surface area contributed by atoms with Gasteiger partial charge in [0.25, 0.3) is 0 Å². The van der Waals surface area contributed by atoms with Crippen LogP contribution < -0.4 is 5.73 Å². The van der Waals surface area contributed by atoms with Crippen molar-refractivity contribution in [2.24, 2.45) is 5.73 Å². The van der Waals surface area contributed by atoms with Crippen LogP contribution in [0.15, 0.2) is 57.1 Å². The topological polar surface area (TPSA) is 134 Å². The number of sulfonamides is 1. The van der Waals surface area contributed by atoms with Gasteiger partial charge in [-0.15, -0.1) is 10.2 Å². The van der Waals surface area contributed by atoms with Crippen LogP contribution in [0.3, 0.4) is 0 Å². The summed E-state index contributed by atoms with van der Waals surface area (Å²) in [6, 6.07) is 10.2. The molecule has 0 radical (unpaired) electrons. The first kappa shape index (κ1) is 21.6. The molecule has 1 aliphatic heterocycles. The number of aromatic nitrogens is 3. The lowest BCUT2D eigenvalue weighted by atomic mass is 10.2. The van der Waals surface area contributed by atoms with Crippen molar-refractivity contribution in [2.45, 2.75) is 16.6 Å². The second-order valence-corrected chi connectivity index (χ2v) is 9.65. The van der Waals surface area contributed by atoms with Crippen LogP contribution in [0.2, 0.25) is 0 Å². The van der Waals surface area contributed by atoms with E-state index in [9.17, 15) is 13.2 Å². The van der Waals surface area contributed by atoms with Gasteiger partial charge < -0.3 is 14.9 Å². The van der Waals surface area contributed by atoms with Gasteiger partial charge in [0.05, 0.1) is 36.7 Å². The Balaban J connectivity index is 1.70. The molecule has 10 nitrogen and oxygen atoms in total. The van der Waals surface area contributed by atoms with E-state index >= 15 is 0 Å². The number of nitrogens with zero attached hydrogens (tertiary/aromatic N) is 4. The fourth-order valence-corrected chi connectivity index (χ4v) is 5.31. The predicted octanol–water partition coefficient (Wildman–Crippen LogP) is 1.18. The average Bonchev–Trinajstić information content (AvgIpc) is 3.43. The maximum atomic E-state index is 13.1. The molecule has 0 aliphatic carbocycles. The van der Waals surface area contributed by atoms with Gasteiger partial charge in [-0.25, -0.2) is 8.42 Å². The Hall–Kier alpha value is -2.67. The Kier molecular flexibility index (Phi) is 6.41. The Morgan fingerprint density at radius 2 is 1.97 bits per heavy atom. The van der Waals surface area contributed by atoms with Gasteiger partial charge in [-0.1, -0.05) is 23.9 Å². The number of primary amides is 1. The fraction of sp³-hybridized carbons (Fsp3) is 0.316. The normalized spacial score (nSPS) is 15.2. The summed E-state index contributed by atoms with van der Waals surface area (Å²) in [5.74, 6) is 0.695. The molecule has 0 unspecified atom stereocenters. The standard InChI is InChI=1S/C19H21N5O5S2/c20-17(25)13-30-19-22-21-18(24(19)12-15-4-2-8-29-15)14-3-1-5-16(11-14)31(26,27)23-6-9-28-10-7-23/h1-5,8,11H,6-7,9-10,12-13H2,(H2,20,25). The third-order valence-electron chi connectivity index (χ3n) is 4.65. The average molecular weight is 464 g/mol. The molecule has 1 saturated heterocycles. The molecule has 1 aliphatic rings. The fourth-order valence-electron chi connectivity index (χ4n) is 3.18. The summed E-state index contributed by atoms with van der Waals surface area (Å²) in [7, 11) is -3.66. The van der Waals surface area contributed by atoms with Crippen molar-refractivity contribution in [3.05, 3.63) is 48.4 Å². The Bertz CT molecular complexity index is 1150. The van der Waals surface area contributed by atoms with Crippen molar-refractivity contribution in [3.63, 3.8) is 0 Å². The molecule has 3 aromatic rings. The maximum absolute atomic E-state index is 13.1. The summed E-state index contributed by atoms with van der Waals surface area (Å²) in [6.07, 6.45) is 1.56. The van der Waals surface area contributed by atoms with Crippen molar-refractivity contribution in [1.29, 1.82) is 0 Å². The van der Waals surface area contributed by atoms with Crippen molar-refractivity contribution in [3.8, 4) is 11.4 Å². The minimum atomic E-state index is -3.66. The number of furan rings is 1. The molecule has 1 aromatic carbocycles. The van der Waals surface area contributed by atoms with E-state index in [1.165, 1.54) is 4.31 Å². The van der Waals surface area contributed by atoms with Crippen LogP contribution >= 0.6 is 11.8 Å². The highest BCUT2D eigenvalue weighted by molar-refractivity contribution is 7.99. The van der Waals surface area contributed by atoms with Crippen molar-refractivity contribution >= 4 is 27.7 Å². The van der Waals surface area contributed by atoms with Crippen LogP contribution in [0, 0.1) is 0 Å². The van der Waals surface area contributed by atoms with E-state index in [4.69, 9.17) is 14.9 Å². The lowest BCUT2D eigenvalue weighted by molar-refractivity contribution is -0.115. The first-order valence-corrected chi connectivity index (χ1v) is 11.9. The van der Waals surface area contributed by atoms with Gasteiger partial charge >= 0.3 is 0 Å². The molecule has 2 N–H and O–H groups in total. The van der Waals surface area contributed by atoms with Gasteiger partial charge in [-0.2, -0.15) is 4.31 Å². The zero-order valence-corrected chi connectivity index (χ0v) is 18.1. The predicted molar refractivity (Wildman–Crippen MR) is 113 cm³/mol. The molecule has 0 bridgehead atoms. The molecule has 2 aromatic heterocycles. The first-order valence-electron chi connectivity index (χ1n) is 9.50. The molecule has 0 saturated carbocycles. The summed E-state index contributed by atoms with van der Waals surface area (Å²) in [5, 5.41) is 8.91. The molecule has 12 heteroatoms. The molecule has 1 amide bonds. The number of carbonyl (C=O) groups excluding carboxylic acids is 1. The number of nitrogens with two attached hydrogens (primary N) is 1. The monoisotopic (exact) mass is 463 g/mol. The molecular weight excluding hydrogens is 442 g/mol. The molecule has 164 valence electrons. The molecule has 0 spiro atoms. The number of hydrogen-bond donors (Lipinski definition) is 1. The highest BCUT2D eigenvalue weighted by Crippen LogP contribution is 2.28. The van der Waals surface area contributed by atoms with Gasteiger partial charge in [0.15, 0.2) is 11.0 Å². The molecule has 31 heavy (non-hydrogen) atoms. The second-order valence-electron chi connectivity index (χ2n) is 6.77. The summed E-state index contributed by atoms with van der Waals surface area (Å²) < 4.78 is 40.0. The van der Waals surface area contributed by atoms with Crippen molar-refractivity contribution in [1.82, 2.24) is 19.1 Å². The third kappa shape index (κ3) is 4.82. The summed E-state index contributed by atoms with van der Waals surface area (Å²) in [5.41, 5.74) is 5.85. The zero-order valence-electron chi connectivity index (χ0n) is 16.5. The van der Waals surface area contributed by atoms with E-state index in [1.807, 2.05) is 6.07 Å². The van der Waals surface area contributed by atoms with Crippen molar-refractivity contribution in [2.75, 3.05) is 32.1 Å². The van der Waals surface area contributed by atoms with Crippen LogP contribution in [0.1, 0.15) is 5.76 Å². The van der Waals surface area contributed by atoms with Gasteiger partial charge in [-0.05, 0) is 24.3 Å². The zero-order chi connectivity index (χ0) is 21.8. The molecule has 3 heterocycles. The lowest BCUT2D eigenvalue weighted by Crippen LogP contribution is -2.40. The van der Waals surface area contributed by atoms with Crippen LogP contribution in [0.5, 0.6) is 0 Å². The van der Waals surface area contributed by atoms with Crippen LogP contribution in [0.4, 0.5) is 0 Å². The van der Waals surface area contributed by atoms with Gasteiger partial charge in [0.1, 0.15) is 5.76 Å². The Morgan fingerprint density at radius 1 is 1.16 bits per heavy atom. The number of thioether (sulfide) groups is 1. The quantitative estimate of drug-likeness (QED) is 0.492. The number of ether oxygens (including phenoxy) is 1. The van der Waals surface area contributed by atoms with Gasteiger partial charge in [0, 0.05) is 18.7 Å². The van der Waals surface area contributed by atoms with Gasteiger partial charge in [-0.3, -0.25) is 9.36 Å². The Labute approximate surface area is 183 Å². The number of carbonyl (C=O) groups is 1. The van der Waals surface area contributed by atoms with E-state index in [1.54, 1.807) is 41.2 Å². The number of rotatable bonds is 8. The number of amides is 1. The third-order valence-corrected chi connectivity index (χ3v) is 7.54. The van der Waals surface area contributed by atoms with Gasteiger partial charge in [0.2, 0.25) is 15.9 Å². The number of benzene rings is 1. The summed E-state index contributed by atoms with van der Waals surface area (Å²) in [6.45, 7) is 1.69. The minimum Gasteiger partial charge on any atom is -0.467 e. The largest absolute Gasteiger partial charge is 0.467 e. The smallest absolute Gasteiger partial charge is 0.243 e. The number of morpholine rings is 1. The van der Waals surface area contributed by atoms with E-state index in [2.05, 4.69) is 10.2 Å². The molecule has 1 fully saturated rings. The first-order chi connectivity index (χ1) is 14.9. The molecule has 4 rings (SSSR count). The van der Waals surface area contributed by atoms with E-state index in [0.29, 0.717) is 55.2 Å². The van der Waals surface area contributed by atoms with E-state index in [0.717, 1.165) is 11.8 Å². The highest BCUT2D eigenvalue weighted by Gasteiger charge is 2.27. The van der Waals surface area contributed by atoms with Crippen LogP contribution in [0.25, 0.3) is 11.4 Å². The molecule has 0 atom stereocenters. The minimum absolute atomic E-state index is 0.0434. The summed E-state index contributed by atoms with van der Waals surface area (Å²) in [4.78, 5) is 11.4. The van der Waals surface area contributed by atoms with E-state index < -0.39 is 15.9 Å². The van der Waals surface area contributed by atoms with Crippen LogP contribution in [-0.4, -0.2) is 65.5 Å². The Morgan fingerprint density at radius 3 is 2.68 bits per heavy atom. The summed E-state index contributed by atoms with van der Waals surface area (Å²) >= 11 is 1.16. The SMILES string of the molecule is NC(=O)CSc1nnc(-c2cccc(S(=O)(=O)N3CCOCC3)c2)n1Cc1ccco1. The maximum Gasteiger partial charge on any atom is 0.243 e. The number of hydrogen-bond acceptors (Lipinski definition) is 8. The van der Waals surface area contributed by atoms with E-state index in [-0.39, 0.29) is 10.6 Å². The second kappa shape index (κ2) is 9.22. The van der Waals surface area contributed by atoms with Crippen LogP contribution in [-0.2, 0) is 26.1 Å².